The van der Waals surface area contributed by atoms with Crippen LogP contribution in [-0.4, -0.2) is 45.8 Å². The Bertz CT molecular complexity index is 843. The molecule has 27 heavy (non-hydrogen) atoms. The molecule has 0 atom stereocenters. The van der Waals surface area contributed by atoms with Gasteiger partial charge in [0.1, 0.15) is 11.3 Å². The molecule has 4 rings (SSSR count). The Morgan fingerprint density at radius 2 is 1.93 bits per heavy atom. The van der Waals surface area contributed by atoms with Crippen molar-refractivity contribution in [3.63, 3.8) is 0 Å². The first kappa shape index (κ1) is 18.7. The zero-order chi connectivity index (χ0) is 19.0. The molecule has 0 radical (unpaired) electrons. The molecule has 1 aromatic heterocycles. The molecule has 0 amide bonds. The van der Waals surface area contributed by atoms with E-state index in [0.717, 1.165) is 45.4 Å². The second-order valence-electron chi connectivity index (χ2n) is 8.30. The van der Waals surface area contributed by atoms with Gasteiger partial charge in [0, 0.05) is 31.3 Å². The van der Waals surface area contributed by atoms with Crippen LogP contribution in [0, 0.1) is 5.82 Å². The zero-order valence-corrected chi connectivity index (χ0v) is 16.3. The van der Waals surface area contributed by atoms with Crippen LogP contribution in [0.15, 0.2) is 23.0 Å². The van der Waals surface area contributed by atoms with Crippen LogP contribution in [0.4, 0.5) is 4.39 Å². The monoisotopic (exact) mass is 375 g/mol. The first-order valence-electron chi connectivity index (χ1n) is 10.3. The number of likely N-dealkylation sites (tertiary alicyclic amines) is 1. The molecule has 6 heteroatoms. The van der Waals surface area contributed by atoms with Gasteiger partial charge < -0.3 is 9.72 Å². The van der Waals surface area contributed by atoms with Gasteiger partial charge in [-0.05, 0) is 64.5 Å². The Morgan fingerprint density at radius 1 is 1.22 bits per heavy atom. The SMILES string of the molecule is CCO[C@H]1CC[C@](C)(N2CCC(n3c(=O)[nH]c4c(F)cccc43)CC2)CC1. The van der Waals surface area contributed by atoms with Gasteiger partial charge in [0.2, 0.25) is 0 Å². The van der Waals surface area contributed by atoms with Gasteiger partial charge in [-0.15, -0.1) is 0 Å². The third-order valence-corrected chi connectivity index (χ3v) is 6.71. The summed E-state index contributed by atoms with van der Waals surface area (Å²) in [6, 6.07) is 5.03. The summed E-state index contributed by atoms with van der Waals surface area (Å²) >= 11 is 0. The van der Waals surface area contributed by atoms with Crippen molar-refractivity contribution in [3.8, 4) is 0 Å². The van der Waals surface area contributed by atoms with Gasteiger partial charge >= 0.3 is 5.69 Å². The normalized spacial score (nSPS) is 28.0. The van der Waals surface area contributed by atoms with Crippen LogP contribution in [0.5, 0.6) is 0 Å². The standard InChI is InChI=1S/C21H30FN3O2/c1-3-27-16-7-11-21(2,12-8-16)24-13-9-15(10-14-24)25-18-6-4-5-17(22)19(18)23-20(25)26/h4-6,15-16H,3,7-14H2,1-2H3,(H,23,26)/t16-,21-. The highest BCUT2D eigenvalue weighted by Crippen LogP contribution is 2.38. The molecular formula is C21H30FN3O2. The van der Waals surface area contributed by atoms with Crippen molar-refractivity contribution in [1.29, 1.82) is 0 Å². The number of ether oxygens (including phenoxy) is 1. The zero-order valence-electron chi connectivity index (χ0n) is 16.3. The maximum atomic E-state index is 14.0. The quantitative estimate of drug-likeness (QED) is 0.883. The lowest BCUT2D eigenvalue weighted by molar-refractivity contribution is -0.0273. The van der Waals surface area contributed by atoms with Crippen LogP contribution < -0.4 is 5.69 Å². The maximum Gasteiger partial charge on any atom is 0.326 e. The summed E-state index contributed by atoms with van der Waals surface area (Å²) in [7, 11) is 0. The van der Waals surface area contributed by atoms with Gasteiger partial charge in [-0.1, -0.05) is 6.07 Å². The first-order valence-corrected chi connectivity index (χ1v) is 10.3. The van der Waals surface area contributed by atoms with Gasteiger partial charge in [0.05, 0.1) is 11.6 Å². The van der Waals surface area contributed by atoms with Crippen molar-refractivity contribution in [3.05, 3.63) is 34.5 Å². The molecule has 1 aromatic carbocycles. The van der Waals surface area contributed by atoms with Crippen molar-refractivity contribution < 1.29 is 9.13 Å². The Labute approximate surface area is 159 Å². The predicted octanol–water partition coefficient (Wildman–Crippen LogP) is 3.84. The van der Waals surface area contributed by atoms with E-state index in [2.05, 4.69) is 23.7 Å². The highest BCUT2D eigenvalue weighted by molar-refractivity contribution is 5.75. The molecule has 1 N–H and O–H groups in total. The Morgan fingerprint density at radius 3 is 2.59 bits per heavy atom. The molecule has 2 fully saturated rings. The van der Waals surface area contributed by atoms with Crippen LogP contribution >= 0.6 is 0 Å². The van der Waals surface area contributed by atoms with E-state index < -0.39 is 0 Å². The lowest BCUT2D eigenvalue weighted by Gasteiger charge is -2.48. The summed E-state index contributed by atoms with van der Waals surface area (Å²) in [5.74, 6) is -0.362. The summed E-state index contributed by atoms with van der Waals surface area (Å²) in [5.41, 5.74) is 1.04. The molecule has 2 heterocycles. The number of imidazole rings is 1. The van der Waals surface area contributed by atoms with Crippen molar-refractivity contribution >= 4 is 11.0 Å². The molecule has 1 saturated carbocycles. The van der Waals surface area contributed by atoms with Crippen molar-refractivity contribution in [1.82, 2.24) is 14.5 Å². The minimum atomic E-state index is -0.362. The Balaban J connectivity index is 1.45. The van der Waals surface area contributed by atoms with Gasteiger partial charge in [-0.2, -0.15) is 0 Å². The number of aromatic nitrogens is 2. The first-order chi connectivity index (χ1) is 13.0. The number of hydrogen-bond donors (Lipinski definition) is 1. The van der Waals surface area contributed by atoms with E-state index in [-0.39, 0.29) is 23.1 Å². The number of rotatable bonds is 4. The third-order valence-electron chi connectivity index (χ3n) is 6.71. The summed E-state index contributed by atoms with van der Waals surface area (Å²) in [6.07, 6.45) is 6.86. The summed E-state index contributed by atoms with van der Waals surface area (Å²) in [5, 5.41) is 0. The number of nitrogens with zero attached hydrogens (tertiary/aromatic N) is 2. The average Bonchev–Trinajstić information content (AvgIpc) is 3.01. The van der Waals surface area contributed by atoms with Crippen LogP contribution in [0.2, 0.25) is 0 Å². The van der Waals surface area contributed by atoms with E-state index in [1.54, 1.807) is 10.6 Å². The third kappa shape index (κ3) is 3.45. The number of para-hydroxylation sites is 1. The smallest absolute Gasteiger partial charge is 0.326 e. The highest BCUT2D eigenvalue weighted by atomic mass is 19.1. The van der Waals surface area contributed by atoms with Crippen LogP contribution in [-0.2, 0) is 4.74 Å². The number of nitrogens with one attached hydrogen (secondary N) is 1. The summed E-state index contributed by atoms with van der Waals surface area (Å²) in [4.78, 5) is 17.7. The van der Waals surface area contributed by atoms with Crippen LogP contribution in [0.1, 0.15) is 58.4 Å². The fourth-order valence-corrected chi connectivity index (χ4v) is 5.07. The van der Waals surface area contributed by atoms with Gasteiger partial charge in [-0.3, -0.25) is 9.47 Å². The average molecular weight is 375 g/mol. The molecule has 2 aliphatic rings. The molecule has 148 valence electrons. The van der Waals surface area contributed by atoms with Crippen LogP contribution in [0.3, 0.4) is 0 Å². The second kappa shape index (κ2) is 7.40. The number of H-pyrrole nitrogens is 1. The molecular weight excluding hydrogens is 345 g/mol. The minimum Gasteiger partial charge on any atom is -0.379 e. The molecule has 1 aliphatic heterocycles. The number of benzene rings is 1. The van der Waals surface area contributed by atoms with Crippen molar-refractivity contribution in [2.45, 2.75) is 70.1 Å². The second-order valence-corrected chi connectivity index (χ2v) is 8.30. The van der Waals surface area contributed by atoms with Gasteiger partial charge in [0.25, 0.3) is 0 Å². The Kier molecular flexibility index (Phi) is 5.12. The largest absolute Gasteiger partial charge is 0.379 e. The van der Waals surface area contributed by atoms with E-state index in [1.165, 1.54) is 18.9 Å². The molecule has 1 saturated heterocycles. The van der Waals surface area contributed by atoms with E-state index in [9.17, 15) is 9.18 Å². The van der Waals surface area contributed by atoms with E-state index in [1.807, 2.05) is 6.07 Å². The lowest BCUT2D eigenvalue weighted by Crippen LogP contribution is -2.53. The lowest BCUT2D eigenvalue weighted by atomic mass is 9.79. The maximum absolute atomic E-state index is 14.0. The number of aromatic amines is 1. The Hall–Kier alpha value is -1.66. The van der Waals surface area contributed by atoms with Gasteiger partial charge in [0.15, 0.2) is 0 Å². The highest BCUT2D eigenvalue weighted by Gasteiger charge is 2.38. The summed E-state index contributed by atoms with van der Waals surface area (Å²) < 4.78 is 21.6. The van der Waals surface area contributed by atoms with Crippen LogP contribution in [0.25, 0.3) is 11.0 Å². The molecule has 0 spiro atoms. The van der Waals surface area contributed by atoms with E-state index >= 15 is 0 Å². The number of fused-ring (bicyclic) bond motifs is 1. The molecule has 0 bridgehead atoms. The number of piperidine rings is 1. The van der Waals surface area contributed by atoms with Crippen molar-refractivity contribution in [2.75, 3.05) is 19.7 Å². The van der Waals surface area contributed by atoms with E-state index in [0.29, 0.717) is 17.1 Å². The van der Waals surface area contributed by atoms with Crippen molar-refractivity contribution in [2.24, 2.45) is 0 Å². The fourth-order valence-electron chi connectivity index (χ4n) is 5.07. The summed E-state index contributed by atoms with van der Waals surface area (Å²) in [6.45, 7) is 7.20. The van der Waals surface area contributed by atoms with E-state index in [4.69, 9.17) is 4.74 Å². The molecule has 0 unspecified atom stereocenters. The minimum absolute atomic E-state index is 0.132. The molecule has 2 aromatic rings. The predicted molar refractivity (Wildman–Crippen MR) is 105 cm³/mol. The molecule has 5 nitrogen and oxygen atoms in total. The number of hydrogen-bond acceptors (Lipinski definition) is 3. The number of halogens is 1. The van der Waals surface area contributed by atoms with Gasteiger partial charge in [-0.25, -0.2) is 9.18 Å². The molecule has 1 aliphatic carbocycles. The fraction of sp³-hybridized carbons (Fsp3) is 0.667. The topological polar surface area (TPSA) is 50.3 Å².